The van der Waals surface area contributed by atoms with Gasteiger partial charge in [0.15, 0.2) is 6.29 Å². The number of carbonyl (C=O) groups is 1. The molecule has 8 atom stereocenters. The van der Waals surface area contributed by atoms with Gasteiger partial charge < -0.3 is 33.7 Å². The van der Waals surface area contributed by atoms with Crippen LogP contribution in [0.4, 0.5) is 5.95 Å². The minimum absolute atomic E-state index is 0.0635. The van der Waals surface area contributed by atoms with Crippen LogP contribution < -0.4 is 9.47 Å². The highest BCUT2D eigenvalue weighted by Gasteiger charge is 2.76. The van der Waals surface area contributed by atoms with Gasteiger partial charge in [-0.25, -0.2) is 9.98 Å². The second-order valence-corrected chi connectivity index (χ2v) is 16.5. The number of allylic oxidation sites excluding steroid dienone is 4. The molecule has 1 aliphatic carbocycles. The molecular weight excluding hydrogens is 658 g/mol. The van der Waals surface area contributed by atoms with Gasteiger partial charge in [0.2, 0.25) is 5.95 Å². The Morgan fingerprint density at radius 3 is 2.54 bits per heavy atom. The first-order valence-electron chi connectivity index (χ1n) is 18.5. The number of aliphatic hydroxyl groups excluding tert-OH is 1. The smallest absolute Gasteiger partial charge is 0.230 e. The van der Waals surface area contributed by atoms with Crippen LogP contribution in [0.5, 0.6) is 17.2 Å². The number of nitrogens with zero attached hydrogens (tertiary/aromatic N) is 3. The van der Waals surface area contributed by atoms with Crippen molar-refractivity contribution in [2.75, 3.05) is 7.11 Å². The number of aromatic hydroxyl groups is 1. The number of carbonyl (C=O) groups excluding carboxylic acids is 1. The lowest BCUT2D eigenvalue weighted by molar-refractivity contribution is -0.168. The van der Waals surface area contributed by atoms with Crippen molar-refractivity contribution < 1.29 is 34.0 Å². The molecule has 1 saturated heterocycles. The number of fused-ring (bicyclic) bond motifs is 6. The number of aromatic nitrogens is 2. The van der Waals surface area contributed by atoms with Crippen molar-refractivity contribution in [2.45, 2.75) is 124 Å². The van der Waals surface area contributed by atoms with E-state index in [0.29, 0.717) is 46.3 Å². The van der Waals surface area contributed by atoms with E-state index in [2.05, 4.69) is 58.7 Å². The molecule has 8 unspecified atom stereocenters. The van der Waals surface area contributed by atoms with Gasteiger partial charge >= 0.3 is 0 Å². The van der Waals surface area contributed by atoms with E-state index >= 15 is 0 Å². The number of hydrogen-bond donors (Lipinski definition) is 2. The Balaban J connectivity index is 1.44. The Bertz CT molecular complexity index is 1960. The van der Waals surface area contributed by atoms with Crippen LogP contribution in [0.25, 0.3) is 6.08 Å². The van der Waals surface area contributed by atoms with Gasteiger partial charge in [0, 0.05) is 37.5 Å². The second kappa shape index (κ2) is 12.8. The van der Waals surface area contributed by atoms with Crippen molar-refractivity contribution in [1.29, 1.82) is 0 Å². The van der Waals surface area contributed by atoms with Crippen molar-refractivity contribution >= 4 is 23.5 Å². The standard InChI is InChI=1S/C42H53N3O7/c1-22(2)12-11-16-41(9)17-15-26-34(47)31-33-30(25(6)45-19-18-43-39(45)44-33)37(50-36(31)27(35(26)52-41)14-13-23(3)4)42-21-28(46)32(42)29(51-40(42,7)8)20-24(5)38(48)49-10/h12-13,15,17-20,25,29-30,32,37-38,47-48H,11,14,16,21H2,1-10H3. The third kappa shape index (κ3) is 5.51. The number of aliphatic hydroxyl groups is 1. The molecule has 0 amide bonds. The summed E-state index contributed by atoms with van der Waals surface area (Å²) in [4.78, 5) is 23.6. The SMILES string of the molecule is COC(O)C(C)=CC1OC(C)(C)C2(C3Oc4c(CC=C(C)C)c5c(c(O)c4C4=Nc6nccn6C(C)C43)C=CC(C)(CCC=C(C)C)O5)CC(=O)C12. The number of ether oxygens (including phenoxy) is 4. The van der Waals surface area contributed by atoms with Crippen LogP contribution in [0.1, 0.15) is 104 Å². The molecular formula is C42H53N3O7. The number of Topliss-reactive ketones (excluding diaryl/α,β-unsaturated/α-hetero) is 1. The van der Waals surface area contributed by atoms with Gasteiger partial charge in [-0.15, -0.1) is 0 Å². The fraction of sp³-hybridized carbons (Fsp3) is 0.548. The number of rotatable bonds is 9. The molecule has 4 aliphatic heterocycles. The Labute approximate surface area is 306 Å². The molecule has 2 aromatic rings. The Morgan fingerprint density at radius 2 is 1.87 bits per heavy atom. The molecule has 10 heteroatoms. The molecule has 5 heterocycles. The van der Waals surface area contributed by atoms with Crippen LogP contribution in [0.15, 0.2) is 58.4 Å². The molecule has 7 rings (SSSR count). The zero-order valence-corrected chi connectivity index (χ0v) is 32.1. The minimum Gasteiger partial charge on any atom is -0.506 e. The lowest BCUT2D eigenvalue weighted by atomic mass is 9.47. The first kappa shape index (κ1) is 36.4. The molecule has 0 bridgehead atoms. The van der Waals surface area contributed by atoms with Crippen LogP contribution in [0.2, 0.25) is 0 Å². The molecule has 1 aromatic carbocycles. The monoisotopic (exact) mass is 711 g/mol. The summed E-state index contributed by atoms with van der Waals surface area (Å²) in [5.41, 5.74) is 3.46. The molecule has 2 N–H and O–H groups in total. The van der Waals surface area contributed by atoms with Gasteiger partial charge in [-0.3, -0.25) is 4.79 Å². The largest absolute Gasteiger partial charge is 0.506 e. The summed E-state index contributed by atoms with van der Waals surface area (Å²) >= 11 is 0. The van der Waals surface area contributed by atoms with Gasteiger partial charge in [0.1, 0.15) is 34.7 Å². The maximum atomic E-state index is 13.8. The normalized spacial score (nSPS) is 31.4. The molecule has 1 saturated carbocycles. The number of aliphatic imine (C=N–C) groups is 1. The first-order valence-corrected chi connectivity index (χ1v) is 18.5. The van der Waals surface area contributed by atoms with Gasteiger partial charge in [-0.1, -0.05) is 29.4 Å². The first-order chi connectivity index (χ1) is 24.5. The zero-order valence-electron chi connectivity index (χ0n) is 32.1. The maximum Gasteiger partial charge on any atom is 0.230 e. The summed E-state index contributed by atoms with van der Waals surface area (Å²) in [5.74, 6) is 0.942. The molecule has 278 valence electrons. The van der Waals surface area contributed by atoms with Crippen LogP contribution >= 0.6 is 0 Å². The number of phenolic OH excluding ortho intramolecular Hbond substituents is 1. The van der Waals surface area contributed by atoms with Gasteiger partial charge in [-0.05, 0) is 99.3 Å². The number of methoxy groups -OCH3 is 1. The lowest BCUT2D eigenvalue weighted by Gasteiger charge is -2.58. The van der Waals surface area contributed by atoms with E-state index in [1.54, 1.807) is 13.1 Å². The zero-order chi connectivity index (χ0) is 37.5. The Kier molecular flexibility index (Phi) is 8.99. The summed E-state index contributed by atoms with van der Waals surface area (Å²) in [6.45, 7) is 18.4. The Hall–Kier alpha value is -3.99. The van der Waals surface area contributed by atoms with E-state index in [1.165, 1.54) is 12.7 Å². The number of hydrogen-bond acceptors (Lipinski definition) is 9. The van der Waals surface area contributed by atoms with Crippen molar-refractivity contribution in [1.82, 2.24) is 9.55 Å². The lowest BCUT2D eigenvalue weighted by Crippen LogP contribution is -2.68. The molecule has 2 fully saturated rings. The van der Waals surface area contributed by atoms with Crippen molar-refractivity contribution in [3.8, 4) is 17.2 Å². The summed E-state index contributed by atoms with van der Waals surface area (Å²) in [6, 6.07) is -0.168. The van der Waals surface area contributed by atoms with Crippen molar-refractivity contribution in [3.05, 3.63) is 70.1 Å². The summed E-state index contributed by atoms with van der Waals surface area (Å²) in [6.07, 6.45) is 14.0. The number of benzene rings is 1. The topological polar surface area (TPSA) is 125 Å². The predicted molar refractivity (Wildman–Crippen MR) is 200 cm³/mol. The number of imidazole rings is 1. The molecule has 52 heavy (non-hydrogen) atoms. The summed E-state index contributed by atoms with van der Waals surface area (Å²) < 4.78 is 28.4. The quantitative estimate of drug-likeness (QED) is 0.200. The number of ketones is 1. The second-order valence-electron chi connectivity index (χ2n) is 16.5. The highest BCUT2D eigenvalue weighted by Crippen LogP contribution is 2.67. The molecule has 1 aromatic heterocycles. The van der Waals surface area contributed by atoms with Gasteiger partial charge in [0.05, 0.1) is 45.8 Å². The summed E-state index contributed by atoms with van der Waals surface area (Å²) in [5, 5.41) is 22.8. The van der Waals surface area contributed by atoms with E-state index in [0.717, 1.165) is 24.0 Å². The van der Waals surface area contributed by atoms with E-state index in [4.69, 9.17) is 23.9 Å². The molecule has 0 radical (unpaired) electrons. The minimum atomic E-state index is -1.11. The van der Waals surface area contributed by atoms with Crippen LogP contribution in [-0.4, -0.2) is 68.1 Å². The third-order valence-corrected chi connectivity index (χ3v) is 12.1. The average Bonchev–Trinajstić information content (AvgIpc) is 3.60. The molecule has 5 aliphatic rings. The van der Waals surface area contributed by atoms with Crippen molar-refractivity contribution in [3.63, 3.8) is 0 Å². The van der Waals surface area contributed by atoms with E-state index in [1.807, 2.05) is 42.8 Å². The van der Waals surface area contributed by atoms with Crippen molar-refractivity contribution in [2.24, 2.45) is 22.2 Å². The average molecular weight is 712 g/mol. The van der Waals surface area contributed by atoms with Crippen LogP contribution in [0, 0.1) is 17.3 Å². The van der Waals surface area contributed by atoms with Gasteiger partial charge in [0.25, 0.3) is 0 Å². The van der Waals surface area contributed by atoms with Crippen LogP contribution in [-0.2, 0) is 20.7 Å². The maximum absolute atomic E-state index is 13.8. The highest BCUT2D eigenvalue weighted by molar-refractivity contribution is 6.11. The number of phenols is 1. The van der Waals surface area contributed by atoms with E-state index in [9.17, 15) is 15.0 Å². The summed E-state index contributed by atoms with van der Waals surface area (Å²) in [7, 11) is 1.44. The molecule has 0 spiro atoms. The highest BCUT2D eigenvalue weighted by atomic mass is 16.6. The Morgan fingerprint density at radius 1 is 1.13 bits per heavy atom. The fourth-order valence-electron chi connectivity index (χ4n) is 9.27. The van der Waals surface area contributed by atoms with Crippen LogP contribution in [0.3, 0.4) is 0 Å². The molecule has 10 nitrogen and oxygen atoms in total. The third-order valence-electron chi connectivity index (χ3n) is 12.1. The predicted octanol–water partition coefficient (Wildman–Crippen LogP) is 7.74. The fourth-order valence-corrected chi connectivity index (χ4v) is 9.27. The van der Waals surface area contributed by atoms with E-state index < -0.39 is 41.0 Å². The van der Waals surface area contributed by atoms with E-state index in [-0.39, 0.29) is 29.9 Å². The van der Waals surface area contributed by atoms with Gasteiger partial charge in [-0.2, -0.15) is 0 Å².